The highest BCUT2D eigenvalue weighted by atomic mass is 16.6. The first-order chi connectivity index (χ1) is 16.3. The molecule has 0 radical (unpaired) electrons. The van der Waals surface area contributed by atoms with Crippen LogP contribution in [0.5, 0.6) is 23.0 Å². The van der Waals surface area contributed by atoms with Gasteiger partial charge in [0, 0.05) is 22.9 Å². The zero-order valence-corrected chi connectivity index (χ0v) is 20.1. The molecule has 0 atom stereocenters. The lowest BCUT2D eigenvalue weighted by atomic mass is 9.87. The number of rotatable bonds is 7. The summed E-state index contributed by atoms with van der Waals surface area (Å²) in [5.74, 6) is 2.55. The molecular formula is C28H31NO5. The quantitative estimate of drug-likeness (QED) is 0.468. The molecule has 0 aliphatic carbocycles. The summed E-state index contributed by atoms with van der Waals surface area (Å²) < 4.78 is 22.9. The van der Waals surface area contributed by atoms with Gasteiger partial charge in [0.15, 0.2) is 11.5 Å². The zero-order valence-electron chi connectivity index (χ0n) is 20.1. The van der Waals surface area contributed by atoms with Gasteiger partial charge >= 0.3 is 0 Å². The average Bonchev–Trinajstić information content (AvgIpc) is 2.83. The first-order valence-electron chi connectivity index (χ1n) is 11.5. The molecule has 178 valence electrons. The van der Waals surface area contributed by atoms with E-state index in [2.05, 4.69) is 38.2 Å². The maximum atomic E-state index is 12.9. The van der Waals surface area contributed by atoms with Gasteiger partial charge in [-0.1, -0.05) is 32.9 Å². The molecule has 3 aromatic carbocycles. The minimum atomic E-state index is -0.226. The Labute approximate surface area is 200 Å². The molecule has 0 saturated heterocycles. The van der Waals surface area contributed by atoms with Crippen molar-refractivity contribution in [3.63, 3.8) is 0 Å². The molecule has 6 heteroatoms. The number of nitrogens with one attached hydrogen (secondary N) is 1. The average molecular weight is 462 g/mol. The van der Waals surface area contributed by atoms with Gasteiger partial charge in [-0.3, -0.25) is 4.79 Å². The smallest absolute Gasteiger partial charge is 0.255 e. The Balaban J connectivity index is 1.48. The van der Waals surface area contributed by atoms with Crippen LogP contribution in [0, 0.1) is 0 Å². The fourth-order valence-corrected chi connectivity index (χ4v) is 3.67. The van der Waals surface area contributed by atoms with Crippen molar-refractivity contribution in [1.29, 1.82) is 0 Å². The Kier molecular flexibility index (Phi) is 6.96. The third-order valence-corrected chi connectivity index (χ3v) is 5.54. The highest BCUT2D eigenvalue weighted by molar-refractivity contribution is 6.04. The van der Waals surface area contributed by atoms with Crippen LogP contribution in [-0.4, -0.2) is 25.7 Å². The maximum Gasteiger partial charge on any atom is 0.255 e. The predicted molar refractivity (Wildman–Crippen MR) is 132 cm³/mol. The van der Waals surface area contributed by atoms with E-state index < -0.39 is 0 Å². The molecule has 6 nitrogen and oxygen atoms in total. The molecule has 0 bridgehead atoms. The number of hydrogen-bond donors (Lipinski definition) is 1. The van der Waals surface area contributed by atoms with Crippen LogP contribution in [0.3, 0.4) is 0 Å². The number of hydrogen-bond acceptors (Lipinski definition) is 5. The van der Waals surface area contributed by atoms with Gasteiger partial charge in [-0.2, -0.15) is 0 Å². The van der Waals surface area contributed by atoms with Crippen LogP contribution in [0.1, 0.15) is 49.2 Å². The molecule has 1 heterocycles. The van der Waals surface area contributed by atoms with E-state index in [9.17, 15) is 4.79 Å². The van der Waals surface area contributed by atoms with E-state index in [1.54, 1.807) is 24.3 Å². The van der Waals surface area contributed by atoms with Crippen molar-refractivity contribution in [2.75, 3.05) is 25.1 Å². The van der Waals surface area contributed by atoms with Crippen LogP contribution in [0.25, 0.3) is 0 Å². The van der Waals surface area contributed by atoms with Gasteiger partial charge in [-0.15, -0.1) is 0 Å². The molecule has 1 amide bonds. The van der Waals surface area contributed by atoms with Gasteiger partial charge in [0.2, 0.25) is 0 Å². The second-order valence-corrected chi connectivity index (χ2v) is 9.13. The summed E-state index contributed by atoms with van der Waals surface area (Å²) in [5, 5.41) is 2.92. The summed E-state index contributed by atoms with van der Waals surface area (Å²) in [6.45, 7) is 10.3. The number of fused-ring (bicyclic) bond motifs is 1. The summed E-state index contributed by atoms with van der Waals surface area (Å²) >= 11 is 0. The number of ether oxygens (including phenoxy) is 4. The molecule has 0 unspecified atom stereocenters. The third-order valence-electron chi connectivity index (χ3n) is 5.54. The van der Waals surface area contributed by atoms with Gasteiger partial charge in [-0.25, -0.2) is 0 Å². The number of carbonyl (C=O) groups is 1. The number of benzene rings is 3. The van der Waals surface area contributed by atoms with Crippen molar-refractivity contribution in [3.8, 4) is 23.0 Å². The lowest BCUT2D eigenvalue weighted by Crippen LogP contribution is -2.16. The van der Waals surface area contributed by atoms with Crippen LogP contribution in [0.15, 0.2) is 60.7 Å². The summed E-state index contributed by atoms with van der Waals surface area (Å²) in [5.41, 5.74) is 3.28. The standard InChI is InChI=1S/C28H31NO5/c1-5-31-24-12-6-19(27(30)29-22-9-13-25-26(17-22)33-15-14-32-25)16-20(24)18-34-23-10-7-21(8-11-23)28(2,3)4/h6-13,16-17H,5,14-15,18H2,1-4H3,(H,29,30). The summed E-state index contributed by atoms with van der Waals surface area (Å²) in [7, 11) is 0. The SMILES string of the molecule is CCOc1ccc(C(=O)Nc2ccc3c(c2)OCCO3)cc1COc1ccc(C(C)(C)C)cc1. The van der Waals surface area contributed by atoms with Crippen LogP contribution in [0.4, 0.5) is 5.69 Å². The monoisotopic (exact) mass is 461 g/mol. The van der Waals surface area contributed by atoms with Crippen LogP contribution in [-0.2, 0) is 12.0 Å². The number of amides is 1. The van der Waals surface area contributed by atoms with E-state index in [1.165, 1.54) is 5.56 Å². The maximum absolute atomic E-state index is 12.9. The lowest BCUT2D eigenvalue weighted by molar-refractivity contribution is 0.102. The minimum absolute atomic E-state index is 0.0829. The van der Waals surface area contributed by atoms with Gasteiger partial charge in [0.05, 0.1) is 6.61 Å². The van der Waals surface area contributed by atoms with Crippen LogP contribution in [0.2, 0.25) is 0 Å². The Hall–Kier alpha value is -3.67. The van der Waals surface area contributed by atoms with E-state index in [0.717, 1.165) is 11.3 Å². The summed E-state index contributed by atoms with van der Waals surface area (Å²) in [6.07, 6.45) is 0. The Morgan fingerprint density at radius 1 is 0.912 bits per heavy atom. The van der Waals surface area contributed by atoms with Gasteiger partial charge in [0.1, 0.15) is 31.3 Å². The van der Waals surface area contributed by atoms with Crippen molar-refractivity contribution < 1.29 is 23.7 Å². The Morgan fingerprint density at radius 3 is 2.35 bits per heavy atom. The molecule has 34 heavy (non-hydrogen) atoms. The summed E-state index contributed by atoms with van der Waals surface area (Å²) in [6, 6.07) is 18.8. The molecule has 0 spiro atoms. The highest BCUT2D eigenvalue weighted by Crippen LogP contribution is 2.33. The van der Waals surface area contributed by atoms with Crippen LogP contribution >= 0.6 is 0 Å². The van der Waals surface area contributed by atoms with E-state index in [4.69, 9.17) is 18.9 Å². The molecule has 3 aromatic rings. The van der Waals surface area contributed by atoms with E-state index in [-0.39, 0.29) is 17.9 Å². The second-order valence-electron chi connectivity index (χ2n) is 9.13. The Morgan fingerprint density at radius 2 is 1.65 bits per heavy atom. The predicted octanol–water partition coefficient (Wildman–Crippen LogP) is 5.99. The van der Waals surface area contributed by atoms with Crippen molar-refractivity contribution in [3.05, 3.63) is 77.4 Å². The summed E-state index contributed by atoms with van der Waals surface area (Å²) in [4.78, 5) is 12.9. The van der Waals surface area contributed by atoms with E-state index in [0.29, 0.717) is 48.3 Å². The first kappa shape index (κ1) is 23.5. The molecule has 1 N–H and O–H groups in total. The lowest BCUT2D eigenvalue weighted by Gasteiger charge is -2.19. The second kappa shape index (κ2) is 10.1. The minimum Gasteiger partial charge on any atom is -0.493 e. The fourth-order valence-electron chi connectivity index (χ4n) is 3.67. The largest absolute Gasteiger partial charge is 0.493 e. The van der Waals surface area contributed by atoms with Crippen LogP contribution < -0.4 is 24.3 Å². The molecule has 1 aliphatic rings. The fraction of sp³-hybridized carbons (Fsp3) is 0.321. The topological polar surface area (TPSA) is 66.0 Å². The van der Waals surface area contributed by atoms with Gasteiger partial charge < -0.3 is 24.3 Å². The van der Waals surface area contributed by atoms with Gasteiger partial charge in [-0.05, 0) is 60.4 Å². The Bertz CT molecular complexity index is 1150. The number of carbonyl (C=O) groups excluding carboxylic acids is 1. The third kappa shape index (κ3) is 5.63. The molecular weight excluding hydrogens is 430 g/mol. The van der Waals surface area contributed by atoms with Gasteiger partial charge in [0.25, 0.3) is 5.91 Å². The highest BCUT2D eigenvalue weighted by Gasteiger charge is 2.16. The molecule has 1 aliphatic heterocycles. The van der Waals surface area contributed by atoms with Crippen molar-refractivity contribution in [2.24, 2.45) is 0 Å². The van der Waals surface area contributed by atoms with Crippen molar-refractivity contribution in [1.82, 2.24) is 0 Å². The van der Waals surface area contributed by atoms with Crippen molar-refractivity contribution in [2.45, 2.75) is 39.7 Å². The molecule has 4 rings (SSSR count). The molecule has 0 aromatic heterocycles. The van der Waals surface area contributed by atoms with E-state index in [1.807, 2.05) is 31.2 Å². The van der Waals surface area contributed by atoms with E-state index >= 15 is 0 Å². The number of anilines is 1. The molecule has 0 fully saturated rings. The van der Waals surface area contributed by atoms with Crippen molar-refractivity contribution >= 4 is 11.6 Å². The molecule has 0 saturated carbocycles. The zero-order chi connectivity index (χ0) is 24.1. The first-order valence-corrected chi connectivity index (χ1v) is 11.5. The normalized spacial score (nSPS) is 12.7.